The molecule has 2 unspecified atom stereocenters. The first kappa shape index (κ1) is 23.8. The number of hydrogen-bond acceptors (Lipinski definition) is 6. The molecule has 2 aliphatic rings. The number of ether oxygens (including phenoxy) is 2. The summed E-state index contributed by atoms with van der Waals surface area (Å²) in [4.78, 5) is 7.33. The Hall–Kier alpha value is -2.30. The maximum absolute atomic E-state index is 12.4. The van der Waals surface area contributed by atoms with Crippen LogP contribution < -0.4 is 9.64 Å². The van der Waals surface area contributed by atoms with Gasteiger partial charge in [0, 0.05) is 63.1 Å². The van der Waals surface area contributed by atoms with E-state index in [1.165, 1.54) is 12.1 Å². The molecule has 2 atom stereocenters. The zero-order valence-corrected chi connectivity index (χ0v) is 19.4. The maximum atomic E-state index is 12.4. The number of aromatic nitrogens is 2. The smallest absolute Gasteiger partial charge is 0.406 e. The van der Waals surface area contributed by atoms with Crippen LogP contribution in [0.1, 0.15) is 19.5 Å². The summed E-state index contributed by atoms with van der Waals surface area (Å²) in [5.41, 5.74) is 1.61. The molecule has 0 radical (unpaired) electrons. The topological polar surface area (TPSA) is 46.0 Å². The van der Waals surface area contributed by atoms with E-state index in [-0.39, 0.29) is 5.75 Å². The van der Waals surface area contributed by atoms with Crippen molar-refractivity contribution in [3.8, 4) is 11.4 Å². The van der Waals surface area contributed by atoms with Crippen molar-refractivity contribution in [2.24, 2.45) is 0 Å². The number of benzene rings is 1. The van der Waals surface area contributed by atoms with Crippen LogP contribution in [-0.4, -0.2) is 90.5 Å². The standard InChI is InChI=1S/C23H32F3N5O2/c1-17-14-22(27-31(17)20-4-6-21(7-5-20)33-23(24,25)26)29-15-18(2)30(19(3)16-29)9-8-28-10-12-32-13-11-28/h4-7,14,18-19H,8-13,15-16H2,1-3H3. The van der Waals surface area contributed by atoms with Crippen LogP contribution in [0.3, 0.4) is 0 Å². The molecule has 4 rings (SSSR count). The number of morpholine rings is 1. The van der Waals surface area contributed by atoms with Gasteiger partial charge in [-0.05, 0) is 45.0 Å². The predicted molar refractivity (Wildman–Crippen MR) is 120 cm³/mol. The highest BCUT2D eigenvalue weighted by Gasteiger charge is 2.32. The average molecular weight is 468 g/mol. The quantitative estimate of drug-likeness (QED) is 0.650. The molecule has 33 heavy (non-hydrogen) atoms. The second kappa shape index (κ2) is 9.90. The van der Waals surface area contributed by atoms with Crippen molar-refractivity contribution in [3.05, 3.63) is 36.0 Å². The maximum Gasteiger partial charge on any atom is 0.573 e. The summed E-state index contributed by atoms with van der Waals surface area (Å²) in [6.07, 6.45) is -4.70. The van der Waals surface area contributed by atoms with Gasteiger partial charge >= 0.3 is 6.36 Å². The number of halogens is 3. The third-order valence-electron chi connectivity index (χ3n) is 6.39. The van der Waals surface area contributed by atoms with Crippen molar-refractivity contribution in [1.29, 1.82) is 0 Å². The van der Waals surface area contributed by atoms with E-state index in [0.29, 0.717) is 17.8 Å². The molecule has 0 aliphatic carbocycles. The van der Waals surface area contributed by atoms with E-state index in [4.69, 9.17) is 9.84 Å². The SMILES string of the molecule is Cc1cc(N2CC(C)N(CCN3CCOCC3)C(C)C2)nn1-c1ccc(OC(F)(F)F)cc1. The zero-order chi connectivity index (χ0) is 23.6. The largest absolute Gasteiger partial charge is 0.573 e. The fourth-order valence-corrected chi connectivity index (χ4v) is 4.73. The van der Waals surface area contributed by atoms with Gasteiger partial charge in [0.25, 0.3) is 0 Å². The van der Waals surface area contributed by atoms with Crippen molar-refractivity contribution < 1.29 is 22.6 Å². The van der Waals surface area contributed by atoms with E-state index in [2.05, 4.69) is 33.3 Å². The van der Waals surface area contributed by atoms with Crippen LogP contribution in [0.4, 0.5) is 19.0 Å². The van der Waals surface area contributed by atoms with Gasteiger partial charge in [0.05, 0.1) is 18.9 Å². The molecule has 2 saturated heterocycles. The molecule has 2 aliphatic heterocycles. The van der Waals surface area contributed by atoms with E-state index >= 15 is 0 Å². The molecule has 7 nitrogen and oxygen atoms in total. The van der Waals surface area contributed by atoms with Crippen molar-refractivity contribution in [3.63, 3.8) is 0 Å². The number of hydrogen-bond donors (Lipinski definition) is 0. The van der Waals surface area contributed by atoms with E-state index in [1.54, 1.807) is 16.8 Å². The lowest BCUT2D eigenvalue weighted by atomic mass is 10.1. The molecule has 0 N–H and O–H groups in total. The monoisotopic (exact) mass is 467 g/mol. The summed E-state index contributed by atoms with van der Waals surface area (Å²) in [5.74, 6) is 0.641. The third-order valence-corrected chi connectivity index (χ3v) is 6.39. The van der Waals surface area contributed by atoms with Crippen molar-refractivity contribution in [2.45, 2.75) is 39.2 Å². The first-order valence-corrected chi connectivity index (χ1v) is 11.4. The Morgan fingerprint density at radius 3 is 2.27 bits per heavy atom. The Morgan fingerprint density at radius 2 is 1.67 bits per heavy atom. The van der Waals surface area contributed by atoms with Crippen LogP contribution in [0.25, 0.3) is 5.69 Å². The van der Waals surface area contributed by atoms with E-state index in [9.17, 15) is 13.2 Å². The highest BCUT2D eigenvalue weighted by molar-refractivity contribution is 5.46. The van der Waals surface area contributed by atoms with Crippen molar-refractivity contribution >= 4 is 5.82 Å². The van der Waals surface area contributed by atoms with E-state index in [0.717, 1.165) is 64.0 Å². The van der Waals surface area contributed by atoms with Crippen molar-refractivity contribution in [1.82, 2.24) is 19.6 Å². The van der Waals surface area contributed by atoms with Gasteiger partial charge in [-0.1, -0.05) is 0 Å². The summed E-state index contributed by atoms with van der Waals surface area (Å²) in [6.45, 7) is 13.9. The fourth-order valence-electron chi connectivity index (χ4n) is 4.73. The molecule has 0 saturated carbocycles. The summed E-state index contributed by atoms with van der Waals surface area (Å²) in [5, 5.41) is 4.76. The number of anilines is 1. The minimum absolute atomic E-state index is 0.243. The highest BCUT2D eigenvalue weighted by Crippen LogP contribution is 2.26. The molecule has 1 aromatic heterocycles. The van der Waals surface area contributed by atoms with Crippen LogP contribution >= 0.6 is 0 Å². The normalized spacial score (nSPS) is 23.2. The average Bonchev–Trinajstić information content (AvgIpc) is 3.15. The minimum Gasteiger partial charge on any atom is -0.406 e. The minimum atomic E-state index is -4.70. The Morgan fingerprint density at radius 1 is 1.03 bits per heavy atom. The van der Waals surface area contributed by atoms with Gasteiger partial charge in [0.1, 0.15) is 5.75 Å². The van der Waals surface area contributed by atoms with Gasteiger partial charge in [-0.25, -0.2) is 4.68 Å². The second-order valence-corrected chi connectivity index (χ2v) is 8.89. The zero-order valence-electron chi connectivity index (χ0n) is 19.4. The number of piperazine rings is 1. The molecule has 182 valence electrons. The first-order chi connectivity index (χ1) is 15.7. The van der Waals surface area contributed by atoms with Crippen LogP contribution in [0.2, 0.25) is 0 Å². The van der Waals surface area contributed by atoms with Gasteiger partial charge < -0.3 is 14.4 Å². The van der Waals surface area contributed by atoms with Crippen LogP contribution in [0.15, 0.2) is 30.3 Å². The summed E-state index contributed by atoms with van der Waals surface area (Å²) in [7, 11) is 0. The number of rotatable bonds is 6. The van der Waals surface area contributed by atoms with Gasteiger partial charge in [-0.2, -0.15) is 5.10 Å². The lowest BCUT2D eigenvalue weighted by molar-refractivity contribution is -0.274. The lowest BCUT2D eigenvalue weighted by Gasteiger charge is -2.45. The van der Waals surface area contributed by atoms with Crippen LogP contribution in [0.5, 0.6) is 5.75 Å². The molecular formula is C23H32F3N5O2. The summed E-state index contributed by atoms with van der Waals surface area (Å²) >= 11 is 0. The molecule has 10 heteroatoms. The Kier molecular flexibility index (Phi) is 7.16. The molecule has 0 bridgehead atoms. The van der Waals surface area contributed by atoms with Crippen molar-refractivity contribution in [2.75, 3.05) is 57.4 Å². The molecule has 3 heterocycles. The van der Waals surface area contributed by atoms with Gasteiger partial charge in [-0.3, -0.25) is 9.80 Å². The molecule has 2 fully saturated rings. The Bertz CT molecular complexity index is 900. The molecule has 0 spiro atoms. The lowest BCUT2D eigenvalue weighted by Crippen LogP contribution is -2.58. The van der Waals surface area contributed by atoms with Gasteiger partial charge in [0.15, 0.2) is 5.82 Å². The third kappa shape index (κ3) is 5.99. The van der Waals surface area contributed by atoms with E-state index in [1.807, 2.05) is 13.0 Å². The Labute approximate surface area is 192 Å². The molecular weight excluding hydrogens is 435 g/mol. The summed E-state index contributed by atoms with van der Waals surface area (Å²) < 4.78 is 48.4. The molecule has 1 aromatic carbocycles. The second-order valence-electron chi connectivity index (χ2n) is 8.89. The van der Waals surface area contributed by atoms with Crippen LogP contribution in [-0.2, 0) is 4.74 Å². The first-order valence-electron chi connectivity index (χ1n) is 11.4. The van der Waals surface area contributed by atoms with E-state index < -0.39 is 6.36 Å². The summed E-state index contributed by atoms with van der Waals surface area (Å²) in [6, 6.07) is 8.59. The fraction of sp³-hybridized carbons (Fsp3) is 0.609. The predicted octanol–water partition coefficient (Wildman–Crippen LogP) is 3.31. The number of nitrogens with zero attached hydrogens (tertiary/aromatic N) is 5. The number of aryl methyl sites for hydroxylation is 1. The van der Waals surface area contributed by atoms with Gasteiger partial charge in [0.2, 0.25) is 0 Å². The number of alkyl halides is 3. The molecule has 2 aromatic rings. The highest BCUT2D eigenvalue weighted by atomic mass is 19.4. The van der Waals surface area contributed by atoms with Crippen LogP contribution in [0, 0.1) is 6.92 Å². The van der Waals surface area contributed by atoms with Gasteiger partial charge in [-0.15, -0.1) is 13.2 Å². The molecule has 0 amide bonds. The Balaban J connectivity index is 1.39.